The summed E-state index contributed by atoms with van der Waals surface area (Å²) < 4.78 is 12.6. The number of hydrogen-bond acceptors (Lipinski definition) is 3. The largest absolute Gasteiger partial charge is 0.457 e. The van der Waals surface area contributed by atoms with Crippen LogP contribution in [0.25, 0.3) is 0 Å². The SMILES string of the molecule is C=P(c1ccccc1)(c1ccccc1)c1ccc(Oc2ccccc2)cc1Oc1cccc(N)c1.CCC. The number of anilines is 1. The van der Waals surface area contributed by atoms with Crippen molar-refractivity contribution in [2.24, 2.45) is 0 Å². The lowest BCUT2D eigenvalue weighted by atomic mass is 10.3. The zero-order chi connectivity index (χ0) is 26.8. The summed E-state index contributed by atoms with van der Waals surface area (Å²) >= 11 is 0. The van der Waals surface area contributed by atoms with Crippen LogP contribution < -0.4 is 31.1 Å². The quantitative estimate of drug-likeness (QED) is 0.175. The van der Waals surface area contributed by atoms with Gasteiger partial charge in [0.15, 0.2) is 0 Å². The highest BCUT2D eigenvalue weighted by Gasteiger charge is 2.26. The van der Waals surface area contributed by atoms with E-state index in [2.05, 4.69) is 68.4 Å². The van der Waals surface area contributed by atoms with E-state index in [1.54, 1.807) is 0 Å². The Morgan fingerprint density at radius 2 is 1.08 bits per heavy atom. The summed E-state index contributed by atoms with van der Waals surface area (Å²) in [4.78, 5) is 0. The highest BCUT2D eigenvalue weighted by Crippen LogP contribution is 2.46. The normalized spacial score (nSPS) is 10.7. The molecule has 0 saturated heterocycles. The Balaban J connectivity index is 0.00000107. The van der Waals surface area contributed by atoms with Gasteiger partial charge in [-0.05, 0) is 53.9 Å². The number of para-hydroxylation sites is 1. The van der Waals surface area contributed by atoms with Gasteiger partial charge in [-0.2, -0.15) is 0 Å². The molecule has 0 aliphatic rings. The van der Waals surface area contributed by atoms with E-state index >= 15 is 0 Å². The first-order valence-corrected chi connectivity index (χ1v) is 14.8. The molecular weight excluding hydrogens is 485 g/mol. The van der Waals surface area contributed by atoms with Gasteiger partial charge in [-0.25, -0.2) is 0 Å². The summed E-state index contributed by atoms with van der Waals surface area (Å²) in [5.41, 5.74) is 6.68. The van der Waals surface area contributed by atoms with Crippen molar-refractivity contribution in [3.05, 3.63) is 133 Å². The maximum Gasteiger partial charge on any atom is 0.139 e. The van der Waals surface area contributed by atoms with Crippen molar-refractivity contribution < 1.29 is 9.47 Å². The molecule has 0 bridgehead atoms. The number of rotatable bonds is 7. The predicted molar refractivity (Wildman–Crippen MR) is 166 cm³/mol. The van der Waals surface area contributed by atoms with Crippen LogP contribution in [0.3, 0.4) is 0 Å². The van der Waals surface area contributed by atoms with Gasteiger partial charge in [0.1, 0.15) is 23.0 Å². The topological polar surface area (TPSA) is 44.5 Å². The predicted octanol–water partition coefficient (Wildman–Crippen LogP) is 8.00. The van der Waals surface area contributed by atoms with Gasteiger partial charge in [0.05, 0.1) is 0 Å². The lowest BCUT2D eigenvalue weighted by Crippen LogP contribution is -2.26. The minimum Gasteiger partial charge on any atom is -0.457 e. The Morgan fingerprint density at radius 1 is 0.579 bits per heavy atom. The molecular formula is C34H34NO2P. The van der Waals surface area contributed by atoms with E-state index in [0.29, 0.717) is 22.9 Å². The van der Waals surface area contributed by atoms with E-state index < -0.39 is 6.89 Å². The fraction of sp³-hybridized carbons (Fsp3) is 0.0882. The molecule has 0 aromatic heterocycles. The van der Waals surface area contributed by atoms with Crippen molar-refractivity contribution in [2.45, 2.75) is 20.3 Å². The molecule has 0 radical (unpaired) electrons. The molecule has 2 N–H and O–H groups in total. The third kappa shape index (κ3) is 6.37. The van der Waals surface area contributed by atoms with Crippen LogP contribution in [0, 0.1) is 0 Å². The van der Waals surface area contributed by atoms with Crippen molar-refractivity contribution in [1.82, 2.24) is 0 Å². The van der Waals surface area contributed by atoms with Gasteiger partial charge in [0.2, 0.25) is 0 Å². The van der Waals surface area contributed by atoms with Crippen LogP contribution in [-0.2, 0) is 0 Å². The summed E-state index contributed by atoms with van der Waals surface area (Å²) in [5.74, 6) is 2.80. The van der Waals surface area contributed by atoms with E-state index in [9.17, 15) is 0 Å². The molecule has 0 heterocycles. The van der Waals surface area contributed by atoms with Crippen LogP contribution >= 0.6 is 6.89 Å². The van der Waals surface area contributed by atoms with E-state index in [4.69, 9.17) is 21.5 Å². The molecule has 0 amide bonds. The standard InChI is InChI=1S/C31H26NO2P.C3H8/c1-35(28-16-7-3-8-17-28,29-18-9-4-10-19-29)31-21-20-27(33-25-13-5-2-6-14-25)23-30(31)34-26-15-11-12-24(32)22-26;1-3-2/h2-23H,1,32H2;3H2,1-2H3. The van der Waals surface area contributed by atoms with Crippen LogP contribution in [0.15, 0.2) is 133 Å². The summed E-state index contributed by atoms with van der Waals surface area (Å²) in [6.45, 7) is 1.97. The van der Waals surface area contributed by atoms with Gasteiger partial charge in [0.25, 0.3) is 0 Å². The Bertz CT molecular complexity index is 1440. The highest BCUT2D eigenvalue weighted by atomic mass is 31.2. The lowest BCUT2D eigenvalue weighted by molar-refractivity contribution is 0.463. The van der Waals surface area contributed by atoms with E-state index in [1.165, 1.54) is 17.0 Å². The highest BCUT2D eigenvalue weighted by molar-refractivity contribution is 7.93. The van der Waals surface area contributed by atoms with Crippen LogP contribution in [0.2, 0.25) is 0 Å². The van der Waals surface area contributed by atoms with E-state index in [-0.39, 0.29) is 0 Å². The Hall–Kier alpha value is -4.20. The summed E-state index contributed by atoms with van der Waals surface area (Å²) in [6, 6.07) is 44.1. The summed E-state index contributed by atoms with van der Waals surface area (Å²) in [5, 5.41) is 3.36. The van der Waals surface area contributed by atoms with Crippen molar-refractivity contribution in [3.8, 4) is 23.0 Å². The Labute approximate surface area is 226 Å². The van der Waals surface area contributed by atoms with Crippen LogP contribution in [0.1, 0.15) is 20.3 Å². The molecule has 3 nitrogen and oxygen atoms in total. The van der Waals surface area contributed by atoms with Gasteiger partial charge in [-0.3, -0.25) is 0 Å². The zero-order valence-electron chi connectivity index (χ0n) is 22.0. The Morgan fingerprint density at radius 3 is 1.63 bits per heavy atom. The minimum absolute atomic E-state index is 0.641. The molecule has 0 fully saturated rings. The van der Waals surface area contributed by atoms with Gasteiger partial charge in [0, 0.05) is 23.1 Å². The van der Waals surface area contributed by atoms with Crippen LogP contribution in [0.5, 0.6) is 23.0 Å². The molecule has 4 heteroatoms. The molecule has 0 saturated carbocycles. The average Bonchev–Trinajstić information content (AvgIpc) is 2.95. The molecule has 0 aliphatic heterocycles. The first-order chi connectivity index (χ1) is 18.5. The van der Waals surface area contributed by atoms with Crippen molar-refractivity contribution in [3.63, 3.8) is 0 Å². The van der Waals surface area contributed by atoms with Crippen LogP contribution in [-0.4, -0.2) is 6.30 Å². The van der Waals surface area contributed by atoms with Crippen LogP contribution in [0.4, 0.5) is 5.69 Å². The minimum atomic E-state index is -2.28. The maximum absolute atomic E-state index is 6.49. The fourth-order valence-electron chi connectivity index (χ4n) is 4.08. The van der Waals surface area contributed by atoms with Crippen molar-refractivity contribution in [2.75, 3.05) is 5.73 Å². The molecule has 5 aromatic rings. The number of nitrogen functional groups attached to an aromatic ring is 1. The molecule has 192 valence electrons. The van der Waals surface area contributed by atoms with E-state index in [0.717, 1.165) is 11.1 Å². The van der Waals surface area contributed by atoms with Gasteiger partial charge < -0.3 is 15.2 Å². The third-order valence-corrected chi connectivity index (χ3v) is 9.35. The van der Waals surface area contributed by atoms with Gasteiger partial charge in [-0.15, -0.1) is 0 Å². The monoisotopic (exact) mass is 519 g/mol. The second kappa shape index (κ2) is 12.9. The fourth-order valence-corrected chi connectivity index (χ4v) is 7.11. The van der Waals surface area contributed by atoms with Gasteiger partial charge >= 0.3 is 0 Å². The zero-order valence-corrected chi connectivity index (χ0v) is 22.9. The Kier molecular flexibility index (Phi) is 9.08. The molecule has 38 heavy (non-hydrogen) atoms. The number of hydrogen-bond donors (Lipinski definition) is 1. The molecule has 0 atom stereocenters. The molecule has 0 spiro atoms. The van der Waals surface area contributed by atoms with E-state index in [1.807, 2.05) is 78.9 Å². The molecule has 5 aromatic carbocycles. The third-order valence-electron chi connectivity index (χ3n) is 5.80. The first-order valence-electron chi connectivity index (χ1n) is 12.8. The first kappa shape index (κ1) is 26.9. The maximum atomic E-state index is 6.49. The average molecular weight is 520 g/mol. The summed E-state index contributed by atoms with van der Waals surface area (Å²) in [6.07, 6.45) is 6.13. The smallest absolute Gasteiger partial charge is 0.139 e. The second-order valence-corrected chi connectivity index (χ2v) is 12.0. The molecule has 5 rings (SSSR count). The molecule has 0 aliphatic carbocycles. The van der Waals surface area contributed by atoms with Gasteiger partial charge in [-0.1, -0.05) is 111 Å². The van der Waals surface area contributed by atoms with Crippen molar-refractivity contribution >= 4 is 34.8 Å². The second-order valence-electron chi connectivity index (χ2n) is 8.91. The lowest BCUT2D eigenvalue weighted by Gasteiger charge is -2.28. The van der Waals surface area contributed by atoms with Crippen molar-refractivity contribution in [1.29, 1.82) is 0 Å². The molecule has 0 unspecified atom stereocenters. The number of ether oxygens (including phenoxy) is 2. The number of benzene rings is 5. The summed E-state index contributed by atoms with van der Waals surface area (Å²) in [7, 11) is 0. The number of nitrogens with two attached hydrogens (primary N) is 1.